The predicted molar refractivity (Wildman–Crippen MR) is 116 cm³/mol. The summed E-state index contributed by atoms with van der Waals surface area (Å²) in [7, 11) is 0. The van der Waals surface area contributed by atoms with Gasteiger partial charge in [0.15, 0.2) is 0 Å². The molecule has 7 heteroatoms. The number of benzene rings is 1. The van der Waals surface area contributed by atoms with Crippen molar-refractivity contribution in [2.75, 3.05) is 37.7 Å². The van der Waals surface area contributed by atoms with Gasteiger partial charge in [0, 0.05) is 36.7 Å². The smallest absolute Gasteiger partial charge is 0.245 e. The second-order valence-corrected chi connectivity index (χ2v) is 8.84. The zero-order chi connectivity index (χ0) is 20.7. The number of ether oxygens (including phenoxy) is 1. The number of likely N-dealkylation sites (tertiary alicyclic amines) is 1. The van der Waals surface area contributed by atoms with Gasteiger partial charge in [-0.25, -0.2) is 4.98 Å². The van der Waals surface area contributed by atoms with Crippen molar-refractivity contribution in [2.45, 2.75) is 52.0 Å². The van der Waals surface area contributed by atoms with Gasteiger partial charge >= 0.3 is 0 Å². The Kier molecular flexibility index (Phi) is 5.23. The lowest BCUT2D eigenvalue weighted by Gasteiger charge is -2.34. The van der Waals surface area contributed by atoms with Crippen molar-refractivity contribution in [1.29, 1.82) is 0 Å². The van der Waals surface area contributed by atoms with Gasteiger partial charge < -0.3 is 19.6 Å². The van der Waals surface area contributed by atoms with Crippen LogP contribution < -0.4 is 9.64 Å². The van der Waals surface area contributed by atoms with E-state index in [0.717, 1.165) is 54.9 Å². The fraction of sp³-hybridized carbons (Fsp3) is 0.609. The van der Waals surface area contributed by atoms with Crippen molar-refractivity contribution < 1.29 is 9.84 Å². The monoisotopic (exact) mass is 409 g/mol. The van der Waals surface area contributed by atoms with E-state index >= 15 is 0 Å². The van der Waals surface area contributed by atoms with Crippen LogP contribution in [0.3, 0.4) is 0 Å². The highest BCUT2D eigenvalue weighted by atomic mass is 16.5. The number of rotatable bonds is 3. The number of phenols is 1. The number of hydrogen-bond donors (Lipinski definition) is 1. The molecule has 30 heavy (non-hydrogen) atoms. The number of aromatic hydroxyl groups is 1. The molecule has 2 atom stereocenters. The van der Waals surface area contributed by atoms with Gasteiger partial charge in [-0.1, -0.05) is 6.92 Å². The molecule has 2 fully saturated rings. The molecule has 160 valence electrons. The third-order valence-corrected chi connectivity index (χ3v) is 7.11. The molecule has 0 radical (unpaired) electrons. The quantitative estimate of drug-likeness (QED) is 0.834. The number of anilines is 1. The van der Waals surface area contributed by atoms with Gasteiger partial charge in [0.25, 0.3) is 0 Å². The number of fused-ring (bicyclic) bond motifs is 4. The number of likely N-dealkylation sites (N-methyl/N-ethyl adjacent to an activating group) is 1. The van der Waals surface area contributed by atoms with Crippen LogP contribution in [0.2, 0.25) is 0 Å². The lowest BCUT2D eigenvalue weighted by molar-refractivity contribution is 0.222. The van der Waals surface area contributed by atoms with E-state index in [-0.39, 0.29) is 5.75 Å². The Bertz CT molecular complexity index is 934. The fourth-order valence-corrected chi connectivity index (χ4v) is 5.23. The maximum absolute atomic E-state index is 10.8. The van der Waals surface area contributed by atoms with Crippen LogP contribution in [0.5, 0.6) is 11.5 Å². The van der Waals surface area contributed by atoms with Crippen molar-refractivity contribution in [1.82, 2.24) is 20.1 Å². The van der Waals surface area contributed by atoms with Crippen LogP contribution in [0.25, 0.3) is 11.3 Å². The summed E-state index contributed by atoms with van der Waals surface area (Å²) in [5, 5.41) is 19.8. The van der Waals surface area contributed by atoms with Crippen LogP contribution in [-0.2, 0) is 6.42 Å². The molecule has 0 unspecified atom stereocenters. The van der Waals surface area contributed by atoms with Gasteiger partial charge in [0.05, 0.1) is 12.3 Å². The highest BCUT2D eigenvalue weighted by molar-refractivity contribution is 5.72. The third kappa shape index (κ3) is 3.49. The van der Waals surface area contributed by atoms with Gasteiger partial charge in [-0.3, -0.25) is 0 Å². The Morgan fingerprint density at radius 2 is 2.00 bits per heavy atom. The molecule has 0 spiro atoms. The highest BCUT2D eigenvalue weighted by Gasteiger charge is 2.31. The van der Waals surface area contributed by atoms with Crippen molar-refractivity contribution in [3.63, 3.8) is 0 Å². The topological polar surface area (TPSA) is 74.6 Å². The Balaban J connectivity index is 1.46. The standard InChI is InChI=1S/C23H31N5O2/c1-3-27-11-8-16-4-5-17(14-27)28(12-9-16)23-24-15(2)21(25-26-23)19-6-7-20-18(22(19)29)10-13-30-20/h6-7,16-17,29H,3-5,8-14H2,1-2H3/t16-,17+/m0/s1. The number of aromatic nitrogens is 3. The Hall–Kier alpha value is -2.41. The van der Waals surface area contributed by atoms with E-state index in [9.17, 15) is 5.11 Å². The van der Waals surface area contributed by atoms with Crippen LogP contribution in [0, 0.1) is 12.8 Å². The zero-order valence-electron chi connectivity index (χ0n) is 18.0. The van der Waals surface area contributed by atoms with E-state index in [1.165, 1.54) is 32.2 Å². The van der Waals surface area contributed by atoms with Crippen LogP contribution in [-0.4, -0.2) is 64.0 Å². The third-order valence-electron chi connectivity index (χ3n) is 7.11. The summed E-state index contributed by atoms with van der Waals surface area (Å²) in [4.78, 5) is 9.82. The van der Waals surface area contributed by atoms with Gasteiger partial charge in [-0.2, -0.15) is 0 Å². The molecule has 0 amide bonds. The molecule has 0 aliphatic carbocycles. The SMILES string of the molecule is CCN1CC[C@@H]2CC[C@H](C1)N(c1nnc(-c3ccc4c(c3O)CCO4)c(C)n1)CC2. The summed E-state index contributed by atoms with van der Waals surface area (Å²) in [6.07, 6.45) is 5.71. The van der Waals surface area contributed by atoms with Crippen molar-refractivity contribution >= 4 is 5.95 Å². The first-order valence-corrected chi connectivity index (χ1v) is 11.3. The van der Waals surface area contributed by atoms with E-state index in [0.29, 0.717) is 23.9 Å². The van der Waals surface area contributed by atoms with Crippen molar-refractivity contribution in [3.8, 4) is 22.8 Å². The first-order chi connectivity index (χ1) is 14.6. The minimum Gasteiger partial charge on any atom is -0.507 e. The van der Waals surface area contributed by atoms with E-state index in [1.807, 2.05) is 19.1 Å². The van der Waals surface area contributed by atoms with E-state index in [4.69, 9.17) is 9.72 Å². The molecule has 2 aromatic rings. The Morgan fingerprint density at radius 1 is 1.13 bits per heavy atom. The van der Waals surface area contributed by atoms with Gasteiger partial charge in [0.1, 0.15) is 17.2 Å². The van der Waals surface area contributed by atoms with E-state index in [1.54, 1.807) is 0 Å². The fourth-order valence-electron chi connectivity index (χ4n) is 5.23. The van der Waals surface area contributed by atoms with Crippen LogP contribution in [0.15, 0.2) is 12.1 Å². The lowest BCUT2D eigenvalue weighted by atomic mass is 9.93. The predicted octanol–water partition coefficient (Wildman–Crippen LogP) is 3.19. The number of phenolic OH excluding ortho intramolecular Hbond substituents is 1. The van der Waals surface area contributed by atoms with Gasteiger partial charge in [0.2, 0.25) is 5.95 Å². The average molecular weight is 410 g/mol. The first-order valence-electron chi connectivity index (χ1n) is 11.3. The molecular weight excluding hydrogens is 378 g/mol. The molecule has 3 aliphatic heterocycles. The molecule has 2 bridgehead atoms. The molecule has 2 saturated heterocycles. The maximum atomic E-state index is 10.8. The molecule has 3 aliphatic rings. The molecule has 1 aromatic heterocycles. The van der Waals surface area contributed by atoms with E-state index in [2.05, 4.69) is 26.9 Å². The number of nitrogens with zero attached hydrogens (tertiary/aromatic N) is 5. The largest absolute Gasteiger partial charge is 0.507 e. The maximum Gasteiger partial charge on any atom is 0.245 e. The molecule has 4 heterocycles. The zero-order valence-corrected chi connectivity index (χ0v) is 18.0. The molecule has 0 saturated carbocycles. The first kappa shape index (κ1) is 19.5. The van der Waals surface area contributed by atoms with Crippen LogP contribution in [0.1, 0.15) is 43.9 Å². The summed E-state index contributed by atoms with van der Waals surface area (Å²) >= 11 is 0. The highest BCUT2D eigenvalue weighted by Crippen LogP contribution is 2.40. The summed E-state index contributed by atoms with van der Waals surface area (Å²) in [5.41, 5.74) is 2.99. The Labute approximate surface area is 178 Å². The molecular formula is C23H31N5O2. The van der Waals surface area contributed by atoms with E-state index < -0.39 is 0 Å². The summed E-state index contributed by atoms with van der Waals surface area (Å²) in [6.45, 7) is 9.18. The normalized spacial score (nSPS) is 24.1. The number of aryl methyl sites for hydroxylation is 1. The second-order valence-electron chi connectivity index (χ2n) is 8.84. The summed E-state index contributed by atoms with van der Waals surface area (Å²) in [5.74, 6) is 2.53. The van der Waals surface area contributed by atoms with Crippen molar-refractivity contribution in [2.24, 2.45) is 5.92 Å². The molecule has 5 rings (SSSR count). The molecule has 1 aromatic carbocycles. The van der Waals surface area contributed by atoms with Gasteiger partial charge in [-0.15, -0.1) is 10.2 Å². The van der Waals surface area contributed by atoms with Crippen LogP contribution in [0.4, 0.5) is 5.95 Å². The second kappa shape index (κ2) is 8.02. The van der Waals surface area contributed by atoms with Crippen LogP contribution >= 0.6 is 0 Å². The van der Waals surface area contributed by atoms with Crippen molar-refractivity contribution in [3.05, 3.63) is 23.4 Å². The summed E-state index contributed by atoms with van der Waals surface area (Å²) < 4.78 is 5.55. The number of hydrogen-bond acceptors (Lipinski definition) is 7. The molecule has 1 N–H and O–H groups in total. The van der Waals surface area contributed by atoms with Gasteiger partial charge in [-0.05, 0) is 63.7 Å². The Morgan fingerprint density at radius 3 is 2.83 bits per heavy atom. The molecule has 7 nitrogen and oxygen atoms in total. The average Bonchev–Trinajstić information content (AvgIpc) is 3.16. The minimum absolute atomic E-state index is 0.247. The summed E-state index contributed by atoms with van der Waals surface area (Å²) in [6, 6.07) is 4.21. The lowest BCUT2D eigenvalue weighted by Crippen LogP contribution is -2.45. The minimum atomic E-state index is 0.247.